The summed E-state index contributed by atoms with van der Waals surface area (Å²) >= 11 is 0. The van der Waals surface area contributed by atoms with Gasteiger partial charge in [0.1, 0.15) is 13.2 Å². The van der Waals surface area contributed by atoms with E-state index in [1.165, 1.54) is 141 Å². The van der Waals surface area contributed by atoms with Crippen LogP contribution in [0.2, 0.25) is 0 Å². The monoisotopic (exact) mass is 930 g/mol. The highest BCUT2D eigenvalue weighted by Gasteiger charge is 2.22. The number of likely N-dealkylation sites (N-methyl/N-ethyl adjacent to an activating group) is 1. The first-order chi connectivity index (χ1) is 32.1. The van der Waals surface area contributed by atoms with E-state index in [0.29, 0.717) is 23.9 Å². The number of hydrogen-bond donors (Lipinski definition) is 0. The second-order valence-electron chi connectivity index (χ2n) is 19.5. The molecule has 0 N–H and O–H groups in total. The van der Waals surface area contributed by atoms with Crippen LogP contribution in [0.3, 0.4) is 0 Å². The van der Waals surface area contributed by atoms with Gasteiger partial charge in [-0.1, -0.05) is 223 Å². The van der Waals surface area contributed by atoms with Crippen molar-refractivity contribution in [1.29, 1.82) is 0 Å². The summed E-state index contributed by atoms with van der Waals surface area (Å²) in [6, 6.07) is 0. The van der Waals surface area contributed by atoms with Crippen LogP contribution < -0.4 is 5.11 Å². The van der Waals surface area contributed by atoms with Gasteiger partial charge in [-0.2, -0.15) is 0 Å². The Kier molecular flexibility index (Phi) is 46.7. The maximum absolute atomic E-state index is 12.8. The Labute approximate surface area is 406 Å². The third-order valence-corrected chi connectivity index (χ3v) is 11.8. The minimum Gasteiger partial charge on any atom is -0.545 e. The molecule has 0 bridgehead atoms. The number of carbonyl (C=O) groups is 3. The van der Waals surface area contributed by atoms with Crippen molar-refractivity contribution in [3.8, 4) is 0 Å². The van der Waals surface area contributed by atoms with Crippen LogP contribution in [0.4, 0.5) is 0 Å². The van der Waals surface area contributed by atoms with Crippen molar-refractivity contribution in [2.24, 2.45) is 0 Å². The largest absolute Gasteiger partial charge is 0.545 e. The van der Waals surface area contributed by atoms with Gasteiger partial charge in [-0.05, 0) is 51.4 Å². The molecule has 0 spiro atoms. The number of carboxylic acid groups (broad SMARTS) is 1. The predicted octanol–water partition coefficient (Wildman–Crippen LogP) is 14.2. The minimum atomic E-state index is -1.62. The Balaban J connectivity index is 4.25. The van der Waals surface area contributed by atoms with Crippen LogP contribution in [0.1, 0.15) is 239 Å². The summed E-state index contributed by atoms with van der Waals surface area (Å²) in [5.74, 6) is -2.27. The van der Waals surface area contributed by atoms with Crippen LogP contribution >= 0.6 is 0 Å². The fourth-order valence-electron chi connectivity index (χ4n) is 7.65. The zero-order valence-electron chi connectivity index (χ0n) is 43.6. The topological polar surface area (TPSA) is 111 Å². The number of hydrogen-bond acceptors (Lipinski definition) is 8. The van der Waals surface area contributed by atoms with Gasteiger partial charge in [0.2, 0.25) is 0 Å². The van der Waals surface area contributed by atoms with Gasteiger partial charge < -0.3 is 33.3 Å². The first-order valence-electron chi connectivity index (χ1n) is 27.3. The number of carbonyl (C=O) groups excluding carboxylic acids is 3. The van der Waals surface area contributed by atoms with Crippen molar-refractivity contribution < 1.29 is 42.9 Å². The van der Waals surface area contributed by atoms with Crippen LogP contribution in [-0.2, 0) is 33.3 Å². The van der Waals surface area contributed by atoms with E-state index in [4.69, 9.17) is 18.9 Å². The highest BCUT2D eigenvalue weighted by atomic mass is 16.7. The molecule has 0 saturated heterocycles. The number of nitrogens with zero attached hydrogens (tertiary/aromatic N) is 1. The molecule has 0 heterocycles. The normalized spacial score (nSPS) is 13.2. The Morgan fingerprint density at radius 2 is 0.864 bits per heavy atom. The first kappa shape index (κ1) is 63.2. The zero-order valence-corrected chi connectivity index (χ0v) is 43.6. The standard InChI is InChI=1S/C57H103NO8/c1-6-8-10-12-14-16-18-20-22-24-25-26-27-28-29-30-31-32-34-36-38-40-42-44-46-48-55(60)66-53(52-65-57(56(61)62)63-50-49-58(3,4)5)51-64-54(59)47-45-43-41-39-37-35-33-23-21-19-17-15-13-11-9-7-2/h8,10,14,16,20,22,25-26,53,57H,6-7,9,11-13,15,17-19,21,23-24,27-52H2,1-5H3/b10-8-,16-14-,22-20-,26-25-. The quantitative estimate of drug-likeness (QED) is 0.0195. The highest BCUT2D eigenvalue weighted by molar-refractivity contribution is 5.70. The number of allylic oxidation sites excluding steroid dienone is 8. The number of rotatable bonds is 50. The van der Waals surface area contributed by atoms with Gasteiger partial charge in [-0.15, -0.1) is 0 Å². The molecule has 0 rings (SSSR count). The van der Waals surface area contributed by atoms with E-state index in [9.17, 15) is 19.5 Å². The number of carboxylic acids is 1. The van der Waals surface area contributed by atoms with Gasteiger partial charge in [-0.25, -0.2) is 0 Å². The molecule has 0 aliphatic rings. The molecular formula is C57H103NO8. The minimum absolute atomic E-state index is 0.148. The van der Waals surface area contributed by atoms with Gasteiger partial charge in [0.05, 0.1) is 40.3 Å². The molecule has 0 aromatic rings. The lowest BCUT2D eigenvalue weighted by molar-refractivity contribution is -0.870. The number of quaternary nitrogens is 1. The van der Waals surface area contributed by atoms with E-state index in [2.05, 4.69) is 62.5 Å². The van der Waals surface area contributed by atoms with E-state index in [1.54, 1.807) is 0 Å². The van der Waals surface area contributed by atoms with E-state index in [0.717, 1.165) is 64.2 Å². The molecule has 0 amide bonds. The number of ether oxygens (including phenoxy) is 4. The maximum Gasteiger partial charge on any atom is 0.306 e. The van der Waals surface area contributed by atoms with Crippen molar-refractivity contribution in [3.63, 3.8) is 0 Å². The molecule has 0 aromatic heterocycles. The molecule has 9 nitrogen and oxygen atoms in total. The fraction of sp³-hybridized carbons (Fsp3) is 0.807. The molecular weight excluding hydrogens is 827 g/mol. The van der Waals surface area contributed by atoms with Crippen molar-refractivity contribution in [3.05, 3.63) is 48.6 Å². The third-order valence-electron chi connectivity index (χ3n) is 11.8. The van der Waals surface area contributed by atoms with Gasteiger partial charge in [0, 0.05) is 12.8 Å². The van der Waals surface area contributed by atoms with E-state index < -0.39 is 24.3 Å². The summed E-state index contributed by atoms with van der Waals surface area (Å²) < 4.78 is 22.7. The summed E-state index contributed by atoms with van der Waals surface area (Å²) in [6.07, 6.45) is 55.7. The lowest BCUT2D eigenvalue weighted by atomic mass is 10.0. The summed E-state index contributed by atoms with van der Waals surface area (Å²) in [5.41, 5.74) is 0. The van der Waals surface area contributed by atoms with Gasteiger partial charge in [0.15, 0.2) is 12.4 Å². The molecule has 66 heavy (non-hydrogen) atoms. The summed E-state index contributed by atoms with van der Waals surface area (Å²) in [7, 11) is 5.92. The molecule has 2 atom stereocenters. The van der Waals surface area contributed by atoms with Crippen LogP contribution in [0, 0.1) is 0 Å². The molecule has 0 fully saturated rings. The van der Waals surface area contributed by atoms with Crippen molar-refractivity contribution in [2.75, 3.05) is 47.5 Å². The Morgan fingerprint density at radius 3 is 1.29 bits per heavy atom. The molecule has 0 aliphatic carbocycles. The SMILES string of the molecule is CC/C=C\C/C=C\C/C=C\C/C=C\CCCCCCCCCCCCCCC(=O)OC(COC(=O)CCCCCCCCCCCCCCCCCC)COC(OCC[N+](C)(C)C)C(=O)[O-]. The van der Waals surface area contributed by atoms with Crippen molar-refractivity contribution in [1.82, 2.24) is 0 Å². The second kappa shape index (κ2) is 48.7. The predicted molar refractivity (Wildman–Crippen MR) is 274 cm³/mol. The Morgan fingerprint density at radius 1 is 0.470 bits per heavy atom. The summed E-state index contributed by atoms with van der Waals surface area (Å²) in [5, 5.41) is 11.7. The van der Waals surface area contributed by atoms with Crippen LogP contribution in [0.5, 0.6) is 0 Å². The average Bonchev–Trinajstić information content (AvgIpc) is 3.28. The van der Waals surface area contributed by atoms with Gasteiger partial charge in [0.25, 0.3) is 0 Å². The fourth-order valence-corrected chi connectivity index (χ4v) is 7.65. The summed E-state index contributed by atoms with van der Waals surface area (Å²) in [4.78, 5) is 37.2. The average molecular weight is 930 g/mol. The van der Waals surface area contributed by atoms with E-state index in [-0.39, 0.29) is 32.2 Å². The van der Waals surface area contributed by atoms with E-state index in [1.807, 2.05) is 21.1 Å². The smallest absolute Gasteiger partial charge is 0.306 e. The van der Waals surface area contributed by atoms with Crippen molar-refractivity contribution in [2.45, 2.75) is 251 Å². The Hall–Kier alpha value is -2.75. The first-order valence-corrected chi connectivity index (χ1v) is 27.3. The summed E-state index contributed by atoms with van der Waals surface area (Å²) in [6.45, 7) is 4.66. The Bertz CT molecular complexity index is 1220. The molecule has 2 unspecified atom stereocenters. The van der Waals surface area contributed by atoms with Crippen LogP contribution in [0.15, 0.2) is 48.6 Å². The lowest BCUT2D eigenvalue weighted by Gasteiger charge is -2.26. The van der Waals surface area contributed by atoms with Gasteiger partial charge >= 0.3 is 11.9 Å². The highest BCUT2D eigenvalue weighted by Crippen LogP contribution is 2.16. The lowest BCUT2D eigenvalue weighted by Crippen LogP contribution is -2.44. The molecule has 0 aliphatic heterocycles. The van der Waals surface area contributed by atoms with E-state index >= 15 is 0 Å². The molecule has 0 radical (unpaired) electrons. The number of aliphatic carboxylic acids is 1. The molecule has 384 valence electrons. The molecule has 9 heteroatoms. The van der Waals surface area contributed by atoms with Crippen molar-refractivity contribution >= 4 is 17.9 Å². The number of esters is 2. The molecule has 0 aromatic carbocycles. The van der Waals surface area contributed by atoms with Crippen LogP contribution in [-0.4, -0.2) is 82.3 Å². The second-order valence-corrected chi connectivity index (χ2v) is 19.5. The van der Waals surface area contributed by atoms with Gasteiger partial charge in [-0.3, -0.25) is 9.59 Å². The van der Waals surface area contributed by atoms with Crippen LogP contribution in [0.25, 0.3) is 0 Å². The molecule has 0 saturated carbocycles. The zero-order chi connectivity index (χ0) is 48.4. The maximum atomic E-state index is 12.8. The number of unbranched alkanes of at least 4 members (excludes halogenated alkanes) is 27. The third kappa shape index (κ3) is 49.2.